The molecule has 2 unspecified atom stereocenters. The lowest BCUT2D eigenvalue weighted by molar-refractivity contribution is -0.139. The second-order valence-electron chi connectivity index (χ2n) is 10.1. The molecule has 39 heavy (non-hydrogen) atoms. The van der Waals surface area contributed by atoms with Crippen LogP contribution in [0.25, 0.3) is 11.1 Å². The molecule has 1 fully saturated rings. The number of hydrogen-bond donors (Lipinski definition) is 3. The van der Waals surface area contributed by atoms with Gasteiger partial charge in [0.2, 0.25) is 5.91 Å². The number of aliphatic carboxylic acids is 1. The quantitative estimate of drug-likeness (QED) is 0.341. The SMILES string of the molecule is CC(OCc1ccccc1)C(NC(=O)OCC1c2ccccc2-c2ccccc21)C(=O)NC[C@H]1C[C@H]1C(=O)O. The molecule has 5 rings (SSSR count). The molecular formula is C31H32N2O6. The number of fused-ring (bicyclic) bond motifs is 3. The van der Waals surface area contributed by atoms with Crippen LogP contribution in [0.2, 0.25) is 0 Å². The molecule has 0 radical (unpaired) electrons. The Bertz CT molecular complexity index is 1300. The first-order valence-corrected chi connectivity index (χ1v) is 13.2. The summed E-state index contributed by atoms with van der Waals surface area (Å²) in [6.45, 7) is 2.33. The van der Waals surface area contributed by atoms with Gasteiger partial charge >= 0.3 is 12.1 Å². The van der Waals surface area contributed by atoms with E-state index in [1.165, 1.54) is 0 Å². The minimum Gasteiger partial charge on any atom is -0.481 e. The summed E-state index contributed by atoms with van der Waals surface area (Å²) >= 11 is 0. The van der Waals surface area contributed by atoms with Crippen LogP contribution in [0, 0.1) is 11.8 Å². The highest BCUT2D eigenvalue weighted by molar-refractivity contribution is 5.86. The number of amides is 2. The summed E-state index contributed by atoms with van der Waals surface area (Å²) in [7, 11) is 0. The van der Waals surface area contributed by atoms with Gasteiger partial charge in [-0.25, -0.2) is 4.79 Å². The van der Waals surface area contributed by atoms with Crippen molar-refractivity contribution >= 4 is 18.0 Å². The Labute approximate surface area is 227 Å². The fourth-order valence-corrected chi connectivity index (χ4v) is 5.18. The van der Waals surface area contributed by atoms with E-state index in [0.29, 0.717) is 6.42 Å². The van der Waals surface area contributed by atoms with E-state index < -0.39 is 36.0 Å². The van der Waals surface area contributed by atoms with Crippen molar-refractivity contribution in [2.75, 3.05) is 13.2 Å². The molecule has 0 heterocycles. The van der Waals surface area contributed by atoms with Crippen LogP contribution >= 0.6 is 0 Å². The fourth-order valence-electron chi connectivity index (χ4n) is 5.18. The molecule has 2 aliphatic rings. The molecule has 1 saturated carbocycles. The lowest BCUT2D eigenvalue weighted by Gasteiger charge is -2.25. The van der Waals surface area contributed by atoms with Crippen LogP contribution in [0.3, 0.4) is 0 Å². The molecule has 202 valence electrons. The van der Waals surface area contributed by atoms with E-state index in [1.807, 2.05) is 66.7 Å². The molecule has 3 N–H and O–H groups in total. The zero-order valence-electron chi connectivity index (χ0n) is 21.7. The minimum absolute atomic E-state index is 0.106. The Kier molecular flexibility index (Phi) is 7.93. The highest BCUT2D eigenvalue weighted by Gasteiger charge is 2.43. The monoisotopic (exact) mass is 528 g/mol. The zero-order chi connectivity index (χ0) is 27.4. The number of alkyl carbamates (subject to hydrolysis) is 1. The number of carboxylic acids is 1. The number of nitrogens with one attached hydrogen (secondary N) is 2. The van der Waals surface area contributed by atoms with Crippen molar-refractivity contribution in [2.24, 2.45) is 11.8 Å². The van der Waals surface area contributed by atoms with E-state index in [9.17, 15) is 14.4 Å². The summed E-state index contributed by atoms with van der Waals surface area (Å²) in [6, 6.07) is 24.7. The minimum atomic E-state index is -1.02. The van der Waals surface area contributed by atoms with E-state index in [2.05, 4.69) is 22.8 Å². The predicted octanol–water partition coefficient (Wildman–Crippen LogP) is 4.34. The number of carbonyl (C=O) groups excluding carboxylic acids is 2. The van der Waals surface area contributed by atoms with Crippen molar-refractivity contribution in [3.63, 3.8) is 0 Å². The predicted molar refractivity (Wildman–Crippen MR) is 145 cm³/mol. The van der Waals surface area contributed by atoms with Gasteiger partial charge in [-0.05, 0) is 47.1 Å². The average molecular weight is 529 g/mol. The van der Waals surface area contributed by atoms with Crippen molar-refractivity contribution in [3.8, 4) is 11.1 Å². The first-order chi connectivity index (χ1) is 18.9. The Balaban J connectivity index is 1.23. The van der Waals surface area contributed by atoms with Crippen molar-refractivity contribution in [3.05, 3.63) is 95.6 Å². The van der Waals surface area contributed by atoms with Crippen LogP contribution in [0.1, 0.15) is 36.0 Å². The van der Waals surface area contributed by atoms with Crippen LogP contribution in [-0.2, 0) is 25.7 Å². The third-order valence-corrected chi connectivity index (χ3v) is 7.50. The smallest absolute Gasteiger partial charge is 0.407 e. The van der Waals surface area contributed by atoms with Gasteiger partial charge in [0.05, 0.1) is 18.6 Å². The molecule has 4 atom stereocenters. The summed E-state index contributed by atoms with van der Waals surface area (Å²) < 4.78 is 11.6. The van der Waals surface area contributed by atoms with Gasteiger partial charge in [-0.2, -0.15) is 0 Å². The summed E-state index contributed by atoms with van der Waals surface area (Å²) in [6.07, 6.45) is -0.859. The van der Waals surface area contributed by atoms with Gasteiger partial charge in [-0.3, -0.25) is 9.59 Å². The van der Waals surface area contributed by atoms with Gasteiger partial charge < -0.3 is 25.2 Å². The Hall–Kier alpha value is -4.17. The normalized spacial score (nSPS) is 18.8. The van der Waals surface area contributed by atoms with E-state index in [0.717, 1.165) is 27.8 Å². The largest absolute Gasteiger partial charge is 0.481 e. The van der Waals surface area contributed by atoms with E-state index in [-0.39, 0.29) is 31.6 Å². The number of carbonyl (C=O) groups is 3. The maximum absolute atomic E-state index is 13.1. The molecule has 2 amide bonds. The molecule has 0 aliphatic heterocycles. The molecule has 0 spiro atoms. The van der Waals surface area contributed by atoms with E-state index in [1.54, 1.807) is 6.92 Å². The highest BCUT2D eigenvalue weighted by atomic mass is 16.5. The number of hydrogen-bond acceptors (Lipinski definition) is 5. The molecule has 8 heteroatoms. The first-order valence-electron chi connectivity index (χ1n) is 13.2. The second kappa shape index (κ2) is 11.7. The number of rotatable bonds is 11. The Morgan fingerprint density at radius 1 is 0.923 bits per heavy atom. The molecule has 0 bridgehead atoms. The summed E-state index contributed by atoms with van der Waals surface area (Å²) in [5, 5.41) is 14.6. The maximum atomic E-state index is 13.1. The van der Waals surface area contributed by atoms with Gasteiger partial charge in [0.1, 0.15) is 12.6 Å². The van der Waals surface area contributed by atoms with Gasteiger partial charge in [0.15, 0.2) is 0 Å². The van der Waals surface area contributed by atoms with Gasteiger partial charge in [-0.1, -0.05) is 78.9 Å². The average Bonchev–Trinajstić information content (AvgIpc) is 3.68. The molecule has 3 aromatic rings. The van der Waals surface area contributed by atoms with E-state index >= 15 is 0 Å². The van der Waals surface area contributed by atoms with Gasteiger partial charge in [0.25, 0.3) is 0 Å². The third kappa shape index (κ3) is 6.12. The summed E-state index contributed by atoms with van der Waals surface area (Å²) in [5.74, 6) is -1.96. The summed E-state index contributed by atoms with van der Waals surface area (Å²) in [4.78, 5) is 37.2. The van der Waals surface area contributed by atoms with Crippen molar-refractivity contribution in [1.82, 2.24) is 10.6 Å². The molecular weight excluding hydrogens is 496 g/mol. The Morgan fingerprint density at radius 3 is 2.15 bits per heavy atom. The summed E-state index contributed by atoms with van der Waals surface area (Å²) in [5.41, 5.74) is 5.38. The van der Waals surface area contributed by atoms with Gasteiger partial charge in [0, 0.05) is 12.5 Å². The Morgan fingerprint density at radius 2 is 1.54 bits per heavy atom. The molecule has 3 aromatic carbocycles. The topological polar surface area (TPSA) is 114 Å². The van der Waals surface area contributed by atoms with Gasteiger partial charge in [-0.15, -0.1) is 0 Å². The van der Waals surface area contributed by atoms with Crippen LogP contribution in [0.5, 0.6) is 0 Å². The number of carboxylic acid groups (broad SMARTS) is 1. The van der Waals surface area contributed by atoms with Crippen LogP contribution in [0.15, 0.2) is 78.9 Å². The molecule has 2 aliphatic carbocycles. The molecule has 0 saturated heterocycles. The number of ether oxygens (including phenoxy) is 2. The second-order valence-corrected chi connectivity index (χ2v) is 10.1. The van der Waals surface area contributed by atoms with Crippen LogP contribution in [-0.4, -0.2) is 48.4 Å². The lowest BCUT2D eigenvalue weighted by Crippen LogP contribution is -2.53. The van der Waals surface area contributed by atoms with E-state index in [4.69, 9.17) is 14.6 Å². The fraction of sp³-hybridized carbons (Fsp3) is 0.323. The number of benzene rings is 3. The maximum Gasteiger partial charge on any atom is 0.407 e. The highest BCUT2D eigenvalue weighted by Crippen LogP contribution is 2.44. The van der Waals surface area contributed by atoms with Crippen molar-refractivity contribution < 1.29 is 29.0 Å². The molecule has 8 nitrogen and oxygen atoms in total. The van der Waals surface area contributed by atoms with Crippen molar-refractivity contribution in [2.45, 2.75) is 38.0 Å². The van der Waals surface area contributed by atoms with Crippen LogP contribution < -0.4 is 10.6 Å². The molecule has 0 aromatic heterocycles. The first kappa shape index (κ1) is 26.4. The van der Waals surface area contributed by atoms with Crippen molar-refractivity contribution in [1.29, 1.82) is 0 Å². The standard InChI is InChI=1S/C31H32N2O6/c1-19(38-17-20-9-3-2-4-10-20)28(29(34)32-16-21-15-26(21)30(35)36)33-31(37)39-18-27-24-13-7-5-11-22(24)23-12-6-8-14-25(23)27/h2-14,19,21,26-28H,15-18H2,1H3,(H,32,34)(H,33,37)(H,35,36)/t19?,21-,26-,28?/m1/s1. The third-order valence-electron chi connectivity index (χ3n) is 7.50. The zero-order valence-corrected chi connectivity index (χ0v) is 21.7. The lowest BCUT2D eigenvalue weighted by atomic mass is 9.98. The van der Waals surface area contributed by atoms with Crippen LogP contribution in [0.4, 0.5) is 4.79 Å².